The van der Waals surface area contributed by atoms with Crippen LogP contribution in [0.15, 0.2) is 58.2 Å². The van der Waals surface area contributed by atoms with E-state index in [2.05, 4.69) is 36.9 Å². The number of carbonyl (C=O) groups excluding carboxylic acids is 1. The number of fused-ring (bicyclic) bond motifs is 1. The van der Waals surface area contributed by atoms with Crippen LogP contribution in [0.1, 0.15) is 23.0 Å². The first kappa shape index (κ1) is 18.1. The number of benzene rings is 2. The van der Waals surface area contributed by atoms with Gasteiger partial charge in [-0.1, -0.05) is 58.0 Å². The number of anilines is 1. The summed E-state index contributed by atoms with van der Waals surface area (Å²) in [6.45, 7) is 3.86. The zero-order chi connectivity index (χ0) is 19.0. The van der Waals surface area contributed by atoms with Crippen LogP contribution in [0.5, 0.6) is 0 Å². The van der Waals surface area contributed by atoms with E-state index in [-0.39, 0.29) is 17.2 Å². The van der Waals surface area contributed by atoms with E-state index in [0.29, 0.717) is 5.16 Å². The van der Waals surface area contributed by atoms with Crippen LogP contribution in [-0.4, -0.2) is 26.0 Å². The maximum absolute atomic E-state index is 13.2. The SMILES string of the molecule is Cc1cc(Br)ccc1NC(=O)C1Sc2nnc(C)n2NC1c1ccccc1. The van der Waals surface area contributed by atoms with E-state index in [1.165, 1.54) is 11.8 Å². The second-order valence-electron chi connectivity index (χ2n) is 6.37. The largest absolute Gasteiger partial charge is 0.325 e. The van der Waals surface area contributed by atoms with Crippen LogP contribution in [-0.2, 0) is 4.79 Å². The van der Waals surface area contributed by atoms with Crippen molar-refractivity contribution < 1.29 is 4.79 Å². The summed E-state index contributed by atoms with van der Waals surface area (Å²) in [5, 5.41) is 11.7. The fourth-order valence-corrected chi connectivity index (χ4v) is 4.64. The van der Waals surface area contributed by atoms with Crippen LogP contribution in [0.2, 0.25) is 0 Å². The number of aromatic nitrogens is 3. The summed E-state index contributed by atoms with van der Waals surface area (Å²) in [7, 11) is 0. The molecule has 27 heavy (non-hydrogen) atoms. The number of rotatable bonds is 3. The lowest BCUT2D eigenvalue weighted by Crippen LogP contribution is -2.41. The van der Waals surface area contributed by atoms with Gasteiger partial charge in [0, 0.05) is 10.2 Å². The van der Waals surface area contributed by atoms with Gasteiger partial charge in [0.1, 0.15) is 11.1 Å². The van der Waals surface area contributed by atoms with Gasteiger partial charge in [-0.3, -0.25) is 4.79 Å². The van der Waals surface area contributed by atoms with Gasteiger partial charge in [-0.2, -0.15) is 0 Å². The van der Waals surface area contributed by atoms with Crippen molar-refractivity contribution in [1.82, 2.24) is 14.9 Å². The van der Waals surface area contributed by atoms with Gasteiger partial charge in [0.2, 0.25) is 11.1 Å². The molecule has 8 heteroatoms. The van der Waals surface area contributed by atoms with Crippen molar-refractivity contribution in [3.8, 4) is 0 Å². The van der Waals surface area contributed by atoms with Gasteiger partial charge in [0.25, 0.3) is 0 Å². The molecule has 2 atom stereocenters. The molecular formula is C19H18BrN5OS. The molecule has 0 saturated carbocycles. The first-order valence-corrected chi connectivity index (χ1v) is 10.2. The highest BCUT2D eigenvalue weighted by Crippen LogP contribution is 2.37. The van der Waals surface area contributed by atoms with Crippen LogP contribution in [0, 0.1) is 13.8 Å². The van der Waals surface area contributed by atoms with Gasteiger partial charge in [-0.25, -0.2) is 4.68 Å². The fourth-order valence-electron chi connectivity index (χ4n) is 3.04. The Kier molecular flexibility index (Phi) is 4.92. The number of carbonyl (C=O) groups is 1. The van der Waals surface area contributed by atoms with E-state index in [1.807, 2.05) is 67.1 Å². The molecule has 0 fully saturated rings. The molecule has 0 aliphatic carbocycles. The zero-order valence-electron chi connectivity index (χ0n) is 14.8. The fraction of sp³-hybridized carbons (Fsp3) is 0.211. The average molecular weight is 444 g/mol. The summed E-state index contributed by atoms with van der Waals surface area (Å²) < 4.78 is 2.83. The molecule has 4 rings (SSSR count). The molecule has 2 aromatic carbocycles. The summed E-state index contributed by atoms with van der Waals surface area (Å²) >= 11 is 4.88. The molecule has 2 unspecified atom stereocenters. The highest BCUT2D eigenvalue weighted by atomic mass is 79.9. The smallest absolute Gasteiger partial charge is 0.240 e. The summed E-state index contributed by atoms with van der Waals surface area (Å²) in [6, 6.07) is 15.6. The lowest BCUT2D eigenvalue weighted by atomic mass is 10.0. The number of nitrogens with one attached hydrogen (secondary N) is 2. The normalized spacial score (nSPS) is 18.5. The van der Waals surface area contributed by atoms with Crippen molar-refractivity contribution in [3.63, 3.8) is 0 Å². The molecule has 6 nitrogen and oxygen atoms in total. The van der Waals surface area contributed by atoms with E-state index < -0.39 is 0 Å². The predicted octanol–water partition coefficient (Wildman–Crippen LogP) is 4.06. The van der Waals surface area contributed by atoms with Gasteiger partial charge in [-0.05, 0) is 43.2 Å². The maximum Gasteiger partial charge on any atom is 0.240 e. The minimum absolute atomic E-state index is 0.0707. The highest BCUT2D eigenvalue weighted by molar-refractivity contribution is 9.10. The van der Waals surface area contributed by atoms with E-state index in [1.54, 1.807) is 0 Å². The molecule has 0 bridgehead atoms. The van der Waals surface area contributed by atoms with Crippen molar-refractivity contribution in [2.24, 2.45) is 0 Å². The van der Waals surface area contributed by atoms with Crippen molar-refractivity contribution >= 4 is 39.3 Å². The first-order valence-electron chi connectivity index (χ1n) is 8.50. The van der Waals surface area contributed by atoms with E-state index in [4.69, 9.17) is 0 Å². The lowest BCUT2D eigenvalue weighted by Gasteiger charge is -2.32. The van der Waals surface area contributed by atoms with Crippen LogP contribution in [0.3, 0.4) is 0 Å². The molecule has 0 radical (unpaired) electrons. The summed E-state index contributed by atoms with van der Waals surface area (Å²) in [5.41, 5.74) is 6.25. The number of thioether (sulfide) groups is 1. The van der Waals surface area contributed by atoms with Crippen LogP contribution in [0.25, 0.3) is 0 Å². The molecule has 2 heterocycles. The van der Waals surface area contributed by atoms with Gasteiger partial charge < -0.3 is 10.7 Å². The third kappa shape index (κ3) is 3.59. The van der Waals surface area contributed by atoms with E-state index in [0.717, 1.165) is 27.1 Å². The molecule has 3 aromatic rings. The van der Waals surface area contributed by atoms with E-state index in [9.17, 15) is 4.79 Å². The lowest BCUT2D eigenvalue weighted by molar-refractivity contribution is -0.116. The Balaban J connectivity index is 1.66. The molecule has 138 valence electrons. The third-order valence-electron chi connectivity index (χ3n) is 4.46. The van der Waals surface area contributed by atoms with E-state index >= 15 is 0 Å². The molecule has 0 spiro atoms. The minimum atomic E-state index is -0.383. The number of hydrogen-bond donors (Lipinski definition) is 2. The molecule has 1 aliphatic rings. The Morgan fingerprint density at radius 1 is 1.19 bits per heavy atom. The Labute approximate surface area is 169 Å². The number of hydrogen-bond acceptors (Lipinski definition) is 5. The van der Waals surface area contributed by atoms with Crippen molar-refractivity contribution in [2.45, 2.75) is 30.3 Å². The van der Waals surface area contributed by atoms with Crippen molar-refractivity contribution in [2.75, 3.05) is 10.7 Å². The Hall–Kier alpha value is -2.32. The molecule has 0 saturated heterocycles. The minimum Gasteiger partial charge on any atom is -0.325 e. The van der Waals surface area contributed by atoms with Crippen molar-refractivity contribution in [3.05, 3.63) is 70.0 Å². The number of nitrogens with zero attached hydrogens (tertiary/aromatic N) is 3. The summed E-state index contributed by atoms with van der Waals surface area (Å²) in [4.78, 5) is 13.2. The van der Waals surface area contributed by atoms with Gasteiger partial charge >= 0.3 is 0 Å². The second-order valence-corrected chi connectivity index (χ2v) is 8.39. The first-order chi connectivity index (χ1) is 13.0. The molecule has 1 aromatic heterocycles. The Morgan fingerprint density at radius 2 is 1.96 bits per heavy atom. The summed E-state index contributed by atoms with van der Waals surface area (Å²) in [6.07, 6.45) is 0. The highest BCUT2D eigenvalue weighted by Gasteiger charge is 2.37. The molecule has 1 aliphatic heterocycles. The van der Waals surface area contributed by atoms with Crippen LogP contribution in [0.4, 0.5) is 5.69 Å². The monoisotopic (exact) mass is 443 g/mol. The number of aryl methyl sites for hydroxylation is 2. The molecular weight excluding hydrogens is 426 g/mol. The summed E-state index contributed by atoms with van der Waals surface area (Å²) in [5.74, 6) is 0.694. The van der Waals surface area contributed by atoms with Gasteiger partial charge in [-0.15, -0.1) is 10.2 Å². The predicted molar refractivity (Wildman–Crippen MR) is 110 cm³/mol. The van der Waals surface area contributed by atoms with Crippen LogP contribution < -0.4 is 10.7 Å². The second kappa shape index (κ2) is 7.36. The van der Waals surface area contributed by atoms with Crippen molar-refractivity contribution in [1.29, 1.82) is 0 Å². The third-order valence-corrected chi connectivity index (χ3v) is 6.17. The maximum atomic E-state index is 13.2. The molecule has 2 N–H and O–H groups in total. The van der Waals surface area contributed by atoms with Crippen LogP contribution >= 0.6 is 27.7 Å². The standard InChI is InChI=1S/C19H18BrN5OS/c1-11-10-14(20)8-9-15(11)21-18(26)17-16(13-6-4-3-5-7-13)24-25-12(2)22-23-19(25)27-17/h3-10,16-17,24H,1-2H3,(H,21,26). The topological polar surface area (TPSA) is 71.8 Å². The quantitative estimate of drug-likeness (QED) is 0.638. The molecule has 1 amide bonds. The number of amides is 1. The Morgan fingerprint density at radius 3 is 2.70 bits per heavy atom. The zero-order valence-corrected chi connectivity index (χ0v) is 17.2. The Bertz CT molecular complexity index is 991. The van der Waals surface area contributed by atoms with Gasteiger partial charge in [0.15, 0.2) is 0 Å². The average Bonchev–Trinajstić information content (AvgIpc) is 3.04. The number of halogens is 1. The van der Waals surface area contributed by atoms with Gasteiger partial charge in [0.05, 0.1) is 6.04 Å².